The molecule has 178 valence electrons. The second-order valence-electron chi connectivity index (χ2n) is 10.4. The first-order valence-corrected chi connectivity index (χ1v) is 12.1. The van der Waals surface area contributed by atoms with Gasteiger partial charge in [0.25, 0.3) is 0 Å². The van der Waals surface area contributed by atoms with Crippen LogP contribution in [0.3, 0.4) is 0 Å². The van der Waals surface area contributed by atoms with Crippen LogP contribution in [-0.4, -0.2) is 41.3 Å². The van der Waals surface area contributed by atoms with Gasteiger partial charge in [-0.1, -0.05) is 18.2 Å². The summed E-state index contributed by atoms with van der Waals surface area (Å²) in [6.45, 7) is 8.49. The molecule has 1 aliphatic carbocycles. The summed E-state index contributed by atoms with van der Waals surface area (Å²) in [6.07, 6.45) is 7.53. The van der Waals surface area contributed by atoms with Gasteiger partial charge in [-0.3, -0.25) is 19.4 Å². The van der Waals surface area contributed by atoms with Crippen molar-refractivity contribution in [1.82, 2.24) is 29.6 Å². The maximum Gasteiger partial charge on any atom is 0.411 e. The molecule has 0 unspecified atom stereocenters. The first kappa shape index (κ1) is 22.5. The van der Waals surface area contributed by atoms with Crippen molar-refractivity contribution in [3.05, 3.63) is 65.3 Å². The minimum Gasteiger partial charge on any atom is -0.444 e. The van der Waals surface area contributed by atoms with E-state index in [2.05, 4.69) is 31.9 Å². The second kappa shape index (κ2) is 8.81. The first-order valence-electron chi connectivity index (χ1n) is 12.1. The van der Waals surface area contributed by atoms with Crippen LogP contribution in [-0.2, 0) is 17.8 Å². The zero-order valence-corrected chi connectivity index (χ0v) is 20.4. The molecule has 1 fully saturated rings. The summed E-state index contributed by atoms with van der Waals surface area (Å²) in [6, 6.07) is 8.20. The predicted molar refractivity (Wildman–Crippen MR) is 128 cm³/mol. The van der Waals surface area contributed by atoms with Gasteiger partial charge in [0.15, 0.2) is 5.82 Å². The number of hydrogen-bond acceptors (Lipinski definition) is 6. The van der Waals surface area contributed by atoms with Crippen molar-refractivity contribution in [3.8, 4) is 5.69 Å². The normalized spacial score (nSPS) is 20.3. The molecule has 1 aliphatic heterocycles. The number of hydrogen-bond donors (Lipinski definition) is 0. The van der Waals surface area contributed by atoms with Crippen LogP contribution >= 0.6 is 0 Å². The molecule has 34 heavy (non-hydrogen) atoms. The van der Waals surface area contributed by atoms with Gasteiger partial charge in [0, 0.05) is 24.2 Å². The van der Waals surface area contributed by atoms with Gasteiger partial charge in [-0.25, -0.2) is 4.79 Å². The Hall–Kier alpha value is -3.29. The molecule has 3 aromatic rings. The van der Waals surface area contributed by atoms with Crippen LogP contribution in [0.1, 0.15) is 86.9 Å². The molecule has 0 bridgehead atoms. The Kier molecular flexibility index (Phi) is 5.83. The molecule has 0 spiro atoms. The minimum absolute atomic E-state index is 0.316. The van der Waals surface area contributed by atoms with E-state index in [1.165, 1.54) is 0 Å². The fourth-order valence-corrected chi connectivity index (χ4v) is 5.04. The van der Waals surface area contributed by atoms with Crippen LogP contribution in [0.15, 0.2) is 36.7 Å². The standard InChI is InChI=1S/C26H32N6O2/c1-17-13-27-14-21(28-17)18-9-11-19(12-10-18)24-30-29-23-16-31(25(33)34-26(2,3)4)15-20-7-5-6-8-22(20)32(23)24/h5-8,13-14,18-19H,9-12,15-16H2,1-4H3. The number of nitrogens with zero attached hydrogens (tertiary/aromatic N) is 6. The molecule has 8 heteroatoms. The van der Waals surface area contributed by atoms with Gasteiger partial charge in [-0.15, -0.1) is 10.2 Å². The molecule has 1 amide bonds. The van der Waals surface area contributed by atoms with E-state index in [1.54, 1.807) is 11.1 Å². The minimum atomic E-state index is -0.554. The third-order valence-corrected chi connectivity index (χ3v) is 6.62. The number of ether oxygens (including phenoxy) is 1. The number of carbonyl (C=O) groups is 1. The SMILES string of the molecule is Cc1cncc(C2CCC(c3nnc4n3-c3ccccc3CN(C(=O)OC(C)(C)C)C4)CC2)n1. The molecule has 1 saturated carbocycles. The fourth-order valence-electron chi connectivity index (χ4n) is 5.04. The summed E-state index contributed by atoms with van der Waals surface area (Å²) in [7, 11) is 0. The Morgan fingerprint density at radius 1 is 1.00 bits per heavy atom. The van der Waals surface area contributed by atoms with Gasteiger partial charge in [0.1, 0.15) is 11.4 Å². The van der Waals surface area contributed by atoms with Crippen LogP contribution < -0.4 is 0 Å². The number of fused-ring (bicyclic) bond motifs is 3. The highest BCUT2D eigenvalue weighted by Crippen LogP contribution is 2.40. The Morgan fingerprint density at radius 2 is 1.74 bits per heavy atom. The molecule has 0 atom stereocenters. The van der Waals surface area contributed by atoms with Crippen molar-refractivity contribution >= 4 is 6.09 Å². The Bertz CT molecular complexity index is 1190. The average Bonchev–Trinajstić information content (AvgIpc) is 3.13. The summed E-state index contributed by atoms with van der Waals surface area (Å²) in [5.74, 6) is 2.52. The Balaban J connectivity index is 1.41. The average molecular weight is 461 g/mol. The lowest BCUT2D eigenvalue weighted by Gasteiger charge is -2.28. The quantitative estimate of drug-likeness (QED) is 0.531. The molecule has 0 N–H and O–H groups in total. The number of rotatable bonds is 2. The van der Waals surface area contributed by atoms with Crippen molar-refractivity contribution < 1.29 is 9.53 Å². The third-order valence-electron chi connectivity index (χ3n) is 6.62. The van der Waals surface area contributed by atoms with E-state index in [1.807, 2.05) is 46.0 Å². The van der Waals surface area contributed by atoms with Gasteiger partial charge in [-0.05, 0) is 65.0 Å². The van der Waals surface area contributed by atoms with E-state index in [-0.39, 0.29) is 6.09 Å². The number of para-hydroxylation sites is 1. The van der Waals surface area contributed by atoms with E-state index in [9.17, 15) is 4.79 Å². The zero-order valence-electron chi connectivity index (χ0n) is 20.4. The molecule has 0 radical (unpaired) electrons. The number of benzene rings is 1. The second-order valence-corrected chi connectivity index (χ2v) is 10.4. The van der Waals surface area contributed by atoms with Crippen LogP contribution in [0.5, 0.6) is 0 Å². The van der Waals surface area contributed by atoms with Crippen molar-refractivity contribution in [2.24, 2.45) is 0 Å². The largest absolute Gasteiger partial charge is 0.444 e. The molecule has 2 aromatic heterocycles. The summed E-state index contributed by atoms with van der Waals surface area (Å²) in [5.41, 5.74) is 3.62. The molecule has 2 aliphatic rings. The molecule has 3 heterocycles. The maximum absolute atomic E-state index is 12.9. The van der Waals surface area contributed by atoms with Crippen LogP contribution in [0, 0.1) is 6.92 Å². The fraction of sp³-hybridized carbons (Fsp3) is 0.500. The highest BCUT2D eigenvalue weighted by molar-refractivity contribution is 5.68. The number of aromatic nitrogens is 5. The van der Waals surface area contributed by atoms with Gasteiger partial charge in [0.05, 0.1) is 30.2 Å². The monoisotopic (exact) mass is 460 g/mol. The summed E-state index contributed by atoms with van der Waals surface area (Å²) in [4.78, 5) is 23.7. The summed E-state index contributed by atoms with van der Waals surface area (Å²) in [5, 5.41) is 9.20. The van der Waals surface area contributed by atoms with Gasteiger partial charge in [0.2, 0.25) is 0 Å². The Labute approximate surface area is 200 Å². The zero-order chi connectivity index (χ0) is 23.9. The van der Waals surface area contributed by atoms with Gasteiger partial charge >= 0.3 is 6.09 Å². The predicted octanol–water partition coefficient (Wildman–Crippen LogP) is 5.06. The molecular weight excluding hydrogens is 428 g/mol. The lowest BCUT2D eigenvalue weighted by atomic mass is 9.80. The number of carbonyl (C=O) groups excluding carboxylic acids is 1. The molecule has 5 rings (SSSR count). The van der Waals surface area contributed by atoms with E-state index in [0.717, 1.165) is 60.0 Å². The molecule has 8 nitrogen and oxygen atoms in total. The summed E-state index contributed by atoms with van der Waals surface area (Å²) < 4.78 is 7.84. The van der Waals surface area contributed by atoms with Gasteiger partial charge in [-0.2, -0.15) is 0 Å². The maximum atomic E-state index is 12.9. The lowest BCUT2D eigenvalue weighted by Crippen LogP contribution is -2.35. The van der Waals surface area contributed by atoms with E-state index >= 15 is 0 Å². The highest BCUT2D eigenvalue weighted by atomic mass is 16.6. The van der Waals surface area contributed by atoms with Crippen molar-refractivity contribution in [3.63, 3.8) is 0 Å². The van der Waals surface area contributed by atoms with Crippen LogP contribution in [0.25, 0.3) is 5.69 Å². The van der Waals surface area contributed by atoms with Crippen LogP contribution in [0.2, 0.25) is 0 Å². The molecule has 1 aromatic carbocycles. The van der Waals surface area contributed by atoms with Gasteiger partial charge < -0.3 is 4.74 Å². The number of aryl methyl sites for hydroxylation is 1. The van der Waals surface area contributed by atoms with E-state index < -0.39 is 5.60 Å². The highest BCUT2D eigenvalue weighted by Gasteiger charge is 2.33. The first-order chi connectivity index (χ1) is 16.3. The van der Waals surface area contributed by atoms with Crippen LogP contribution in [0.4, 0.5) is 4.79 Å². The number of amides is 1. The Morgan fingerprint density at radius 3 is 2.47 bits per heavy atom. The molecule has 0 saturated heterocycles. The molecular formula is C26H32N6O2. The topological polar surface area (TPSA) is 86.0 Å². The third kappa shape index (κ3) is 4.54. The smallest absolute Gasteiger partial charge is 0.411 e. The van der Waals surface area contributed by atoms with Crippen molar-refractivity contribution in [1.29, 1.82) is 0 Å². The lowest BCUT2D eigenvalue weighted by molar-refractivity contribution is 0.0214. The van der Waals surface area contributed by atoms with E-state index in [4.69, 9.17) is 9.72 Å². The van der Waals surface area contributed by atoms with Crippen molar-refractivity contribution in [2.75, 3.05) is 0 Å². The summed E-state index contributed by atoms with van der Waals surface area (Å²) >= 11 is 0. The van der Waals surface area contributed by atoms with Crippen molar-refractivity contribution in [2.45, 2.75) is 83.9 Å². The van der Waals surface area contributed by atoms with E-state index in [0.29, 0.717) is 24.9 Å².